The first-order valence-electron chi connectivity index (χ1n) is 7.10. The molecular formula is C15H12ClF2N5O2. The van der Waals surface area contributed by atoms with Crippen molar-refractivity contribution >= 4 is 29.0 Å². The Morgan fingerprint density at radius 3 is 2.72 bits per heavy atom. The van der Waals surface area contributed by atoms with Gasteiger partial charge in [0.2, 0.25) is 5.82 Å². The topological polar surface area (TPSA) is 81.4 Å². The molecule has 0 saturated carbocycles. The minimum atomic E-state index is -2.99. The number of aromatic nitrogens is 4. The minimum absolute atomic E-state index is 0.0609. The molecular weight excluding hydrogens is 356 g/mol. The first-order chi connectivity index (χ1) is 11.8. The van der Waals surface area contributed by atoms with E-state index in [9.17, 15) is 13.6 Å². The molecule has 0 aliphatic carbocycles. The fraction of sp³-hybridized carbons (Fsp3) is 0.200. The largest absolute Gasteiger partial charge is 0.433 e. The number of nitrogens with zero attached hydrogens (tertiary/aromatic N) is 4. The number of ether oxygens (including phenoxy) is 1. The highest BCUT2D eigenvalue weighted by atomic mass is 35.5. The van der Waals surface area contributed by atoms with Gasteiger partial charge in [0.15, 0.2) is 0 Å². The SMILES string of the molecule is Cc1cc(C)n2nc(C(=O)Nc3ccc(OC(F)F)c(Cl)c3)nc2n1. The smallest absolute Gasteiger partial charge is 0.387 e. The molecule has 0 fully saturated rings. The van der Waals surface area contributed by atoms with E-state index in [-0.39, 0.29) is 22.3 Å². The minimum Gasteiger partial charge on any atom is -0.433 e. The lowest BCUT2D eigenvalue weighted by molar-refractivity contribution is -0.0497. The zero-order valence-electron chi connectivity index (χ0n) is 13.1. The number of halogens is 3. The summed E-state index contributed by atoms with van der Waals surface area (Å²) in [6.07, 6.45) is 0. The zero-order valence-corrected chi connectivity index (χ0v) is 13.9. The normalized spacial score (nSPS) is 11.1. The molecule has 0 aliphatic rings. The summed E-state index contributed by atoms with van der Waals surface area (Å²) < 4.78 is 30.1. The van der Waals surface area contributed by atoms with Gasteiger partial charge in [-0.2, -0.15) is 13.8 Å². The summed E-state index contributed by atoms with van der Waals surface area (Å²) >= 11 is 5.85. The zero-order chi connectivity index (χ0) is 18.1. The second-order valence-electron chi connectivity index (χ2n) is 5.16. The third kappa shape index (κ3) is 3.66. The van der Waals surface area contributed by atoms with Gasteiger partial charge in [-0.05, 0) is 38.1 Å². The molecule has 0 atom stereocenters. The number of fused-ring (bicyclic) bond motifs is 1. The molecule has 3 aromatic rings. The third-order valence-electron chi connectivity index (χ3n) is 3.23. The van der Waals surface area contributed by atoms with E-state index < -0.39 is 12.5 Å². The van der Waals surface area contributed by atoms with Gasteiger partial charge in [-0.15, -0.1) is 5.10 Å². The molecule has 0 spiro atoms. The first kappa shape index (κ1) is 17.0. The molecule has 0 unspecified atom stereocenters. The van der Waals surface area contributed by atoms with Crippen LogP contribution in [0.25, 0.3) is 5.78 Å². The van der Waals surface area contributed by atoms with Crippen LogP contribution in [0.2, 0.25) is 5.02 Å². The van der Waals surface area contributed by atoms with Crippen molar-refractivity contribution in [2.45, 2.75) is 20.5 Å². The number of alkyl halides is 2. The monoisotopic (exact) mass is 367 g/mol. The van der Waals surface area contributed by atoms with E-state index in [1.807, 2.05) is 19.9 Å². The predicted octanol–water partition coefficient (Wildman–Crippen LogP) is 3.25. The number of nitrogens with one attached hydrogen (secondary N) is 1. The highest BCUT2D eigenvalue weighted by Crippen LogP contribution is 2.29. The van der Waals surface area contributed by atoms with E-state index >= 15 is 0 Å². The van der Waals surface area contributed by atoms with Crippen LogP contribution >= 0.6 is 11.6 Å². The number of aryl methyl sites for hydroxylation is 2. The molecule has 25 heavy (non-hydrogen) atoms. The van der Waals surface area contributed by atoms with Crippen molar-refractivity contribution in [1.29, 1.82) is 0 Å². The van der Waals surface area contributed by atoms with E-state index in [4.69, 9.17) is 11.6 Å². The molecule has 2 aromatic heterocycles. The average Bonchev–Trinajstić information content (AvgIpc) is 2.94. The van der Waals surface area contributed by atoms with Crippen LogP contribution in [0.3, 0.4) is 0 Å². The Morgan fingerprint density at radius 2 is 2.04 bits per heavy atom. The number of carbonyl (C=O) groups is 1. The van der Waals surface area contributed by atoms with E-state index in [1.54, 1.807) is 0 Å². The summed E-state index contributed by atoms with van der Waals surface area (Å²) in [4.78, 5) is 20.6. The van der Waals surface area contributed by atoms with Gasteiger partial charge in [-0.25, -0.2) is 9.50 Å². The van der Waals surface area contributed by atoms with Crippen LogP contribution in [0, 0.1) is 13.8 Å². The molecule has 1 N–H and O–H groups in total. The number of carbonyl (C=O) groups excluding carboxylic acids is 1. The van der Waals surface area contributed by atoms with Crippen LogP contribution in [-0.4, -0.2) is 32.1 Å². The Morgan fingerprint density at radius 1 is 1.28 bits per heavy atom. The summed E-state index contributed by atoms with van der Waals surface area (Å²) in [5.41, 5.74) is 1.83. The van der Waals surface area contributed by atoms with Crippen molar-refractivity contribution in [3.63, 3.8) is 0 Å². The quantitative estimate of drug-likeness (QED) is 0.765. The van der Waals surface area contributed by atoms with Gasteiger partial charge >= 0.3 is 6.61 Å². The van der Waals surface area contributed by atoms with E-state index in [2.05, 4.69) is 25.1 Å². The van der Waals surface area contributed by atoms with Gasteiger partial charge in [0.1, 0.15) is 5.75 Å². The van der Waals surface area contributed by atoms with E-state index in [1.165, 1.54) is 22.7 Å². The average molecular weight is 368 g/mol. The molecule has 0 aliphatic heterocycles. The van der Waals surface area contributed by atoms with E-state index in [0.29, 0.717) is 5.78 Å². The molecule has 3 rings (SSSR count). The van der Waals surface area contributed by atoms with Crippen molar-refractivity contribution in [1.82, 2.24) is 19.6 Å². The second-order valence-corrected chi connectivity index (χ2v) is 5.57. The summed E-state index contributed by atoms with van der Waals surface area (Å²) in [7, 11) is 0. The van der Waals surface area contributed by atoms with Gasteiger partial charge in [-0.3, -0.25) is 4.79 Å². The lowest BCUT2D eigenvalue weighted by Gasteiger charge is -2.08. The van der Waals surface area contributed by atoms with Gasteiger partial charge in [-0.1, -0.05) is 11.6 Å². The van der Waals surface area contributed by atoms with Crippen LogP contribution in [0.4, 0.5) is 14.5 Å². The maximum absolute atomic E-state index is 12.3. The maximum atomic E-state index is 12.3. The van der Waals surface area contributed by atoms with E-state index in [0.717, 1.165) is 11.4 Å². The molecule has 1 aromatic carbocycles. The summed E-state index contributed by atoms with van der Waals surface area (Å²) in [6, 6.07) is 5.71. The maximum Gasteiger partial charge on any atom is 0.387 e. The Balaban J connectivity index is 1.82. The standard InChI is InChI=1S/C15H12ClF2N5O2/c1-7-5-8(2)23-15(19-7)21-12(22-23)13(24)20-9-3-4-11(10(16)6-9)25-14(17)18/h3-6,14H,1-2H3,(H,20,24). The molecule has 0 bridgehead atoms. The molecule has 130 valence electrons. The van der Waals surface area contributed by atoms with Crippen molar-refractivity contribution in [3.8, 4) is 5.75 Å². The first-order valence-corrected chi connectivity index (χ1v) is 7.48. The van der Waals surface area contributed by atoms with Crippen LogP contribution in [0.5, 0.6) is 5.75 Å². The van der Waals surface area contributed by atoms with Crippen molar-refractivity contribution in [2.75, 3.05) is 5.32 Å². The molecule has 1 amide bonds. The van der Waals surface area contributed by atoms with Crippen LogP contribution in [0.15, 0.2) is 24.3 Å². The lowest BCUT2D eigenvalue weighted by Crippen LogP contribution is -2.14. The Hall–Kier alpha value is -2.81. The van der Waals surface area contributed by atoms with Gasteiger partial charge < -0.3 is 10.1 Å². The highest BCUT2D eigenvalue weighted by molar-refractivity contribution is 6.32. The van der Waals surface area contributed by atoms with Gasteiger partial charge in [0.05, 0.1) is 5.02 Å². The molecule has 10 heteroatoms. The summed E-state index contributed by atoms with van der Waals surface area (Å²) in [5.74, 6) is -0.538. The van der Waals surface area contributed by atoms with Crippen LogP contribution < -0.4 is 10.1 Å². The second kappa shape index (κ2) is 6.60. The molecule has 0 radical (unpaired) electrons. The fourth-order valence-corrected chi connectivity index (χ4v) is 2.44. The number of hydrogen-bond donors (Lipinski definition) is 1. The van der Waals surface area contributed by atoms with Crippen LogP contribution in [0.1, 0.15) is 22.0 Å². The number of anilines is 1. The Bertz CT molecular complexity index is 960. The molecule has 7 nitrogen and oxygen atoms in total. The highest BCUT2D eigenvalue weighted by Gasteiger charge is 2.16. The van der Waals surface area contributed by atoms with Gasteiger partial charge in [0, 0.05) is 17.1 Å². The molecule has 0 saturated heterocycles. The van der Waals surface area contributed by atoms with Crippen molar-refractivity contribution in [3.05, 3.63) is 46.5 Å². The summed E-state index contributed by atoms with van der Waals surface area (Å²) in [6.45, 7) is 0.644. The predicted molar refractivity (Wildman–Crippen MR) is 86.3 cm³/mol. The number of benzene rings is 1. The van der Waals surface area contributed by atoms with Crippen molar-refractivity contribution < 1.29 is 18.3 Å². The number of hydrogen-bond acceptors (Lipinski definition) is 5. The number of rotatable bonds is 4. The fourth-order valence-electron chi connectivity index (χ4n) is 2.22. The molecule has 2 heterocycles. The lowest BCUT2D eigenvalue weighted by atomic mass is 10.3. The Labute approximate surface area is 145 Å². The third-order valence-corrected chi connectivity index (χ3v) is 3.52. The van der Waals surface area contributed by atoms with Crippen molar-refractivity contribution in [2.24, 2.45) is 0 Å². The van der Waals surface area contributed by atoms with Crippen LogP contribution in [-0.2, 0) is 0 Å². The number of amides is 1. The Kier molecular flexibility index (Phi) is 4.49. The summed E-state index contributed by atoms with van der Waals surface area (Å²) in [5, 5.41) is 6.58. The van der Waals surface area contributed by atoms with Gasteiger partial charge in [0.25, 0.3) is 11.7 Å².